The van der Waals surface area contributed by atoms with Crippen molar-refractivity contribution in [3.8, 4) is 0 Å². The van der Waals surface area contributed by atoms with E-state index in [1.807, 2.05) is 4.90 Å². The molecule has 1 spiro atoms. The van der Waals surface area contributed by atoms with Gasteiger partial charge in [-0.15, -0.1) is 0 Å². The van der Waals surface area contributed by atoms with Gasteiger partial charge in [-0.25, -0.2) is 26.6 Å². The Morgan fingerprint density at radius 1 is 1.02 bits per heavy atom. The van der Waals surface area contributed by atoms with Crippen molar-refractivity contribution in [3.05, 3.63) is 41.3 Å². The summed E-state index contributed by atoms with van der Waals surface area (Å²) in [6.45, 7) is 2.39. The molecule has 40 heavy (non-hydrogen) atoms. The zero-order valence-corrected chi connectivity index (χ0v) is 23.2. The van der Waals surface area contributed by atoms with E-state index >= 15 is 4.39 Å². The molecule has 1 amide bonds. The van der Waals surface area contributed by atoms with Gasteiger partial charge in [0.1, 0.15) is 0 Å². The Labute approximate surface area is 231 Å². The molecule has 0 unspecified atom stereocenters. The summed E-state index contributed by atoms with van der Waals surface area (Å²) < 4.78 is 69.8. The molecule has 218 valence electrons. The van der Waals surface area contributed by atoms with Crippen LogP contribution in [0.2, 0.25) is 0 Å². The third-order valence-corrected chi connectivity index (χ3v) is 9.38. The highest BCUT2D eigenvalue weighted by Gasteiger charge is 2.44. The van der Waals surface area contributed by atoms with Crippen LogP contribution in [0.3, 0.4) is 0 Å². The minimum atomic E-state index is -3.78. The highest BCUT2D eigenvalue weighted by atomic mass is 32.2. The number of hydrogen-bond donors (Lipinski definition) is 3. The first kappa shape index (κ1) is 28.5. The van der Waals surface area contributed by atoms with Crippen molar-refractivity contribution in [1.82, 2.24) is 4.98 Å². The molecule has 3 heterocycles. The number of carbonyl (C=O) groups excluding carboxylic acids is 1. The number of alkyl halides is 2. The van der Waals surface area contributed by atoms with Crippen LogP contribution in [0.5, 0.6) is 0 Å². The van der Waals surface area contributed by atoms with Gasteiger partial charge in [-0.3, -0.25) is 9.52 Å². The number of aromatic nitrogens is 1. The van der Waals surface area contributed by atoms with Crippen LogP contribution in [0.15, 0.2) is 24.3 Å². The molecule has 2 aromatic rings. The van der Waals surface area contributed by atoms with Gasteiger partial charge in [-0.05, 0) is 62.3 Å². The van der Waals surface area contributed by atoms with Crippen molar-refractivity contribution in [1.29, 1.82) is 0 Å². The molecule has 2 saturated heterocycles. The van der Waals surface area contributed by atoms with Gasteiger partial charge in [0.2, 0.25) is 10.0 Å². The largest absolute Gasteiger partial charge is 0.395 e. The number of carbonyl (C=O) groups is 1. The molecule has 0 atom stereocenters. The number of nitrogens with one attached hydrogen (secondary N) is 2. The molecule has 13 heteroatoms. The SMILES string of the molecule is Cc1cc(NC(=O)c2ccc(NS(=O)(=O)CCO)cc2N2CCC3(CC2)CC3)c(F)c(N2CCC(F)(F)CC2)n1. The van der Waals surface area contributed by atoms with E-state index in [2.05, 4.69) is 15.0 Å². The molecule has 1 aromatic carbocycles. The fraction of sp³-hybridized carbons (Fsp3) is 0.556. The lowest BCUT2D eigenvalue weighted by molar-refractivity contribution is -0.0222. The van der Waals surface area contributed by atoms with E-state index in [4.69, 9.17) is 5.11 Å². The van der Waals surface area contributed by atoms with Crippen LogP contribution in [0.4, 0.5) is 36.1 Å². The number of aliphatic hydroxyl groups excluding tert-OH is 1. The van der Waals surface area contributed by atoms with Crippen molar-refractivity contribution in [2.75, 3.05) is 58.4 Å². The summed E-state index contributed by atoms with van der Waals surface area (Å²) in [6.07, 6.45) is 3.49. The van der Waals surface area contributed by atoms with Crippen molar-refractivity contribution >= 4 is 38.8 Å². The van der Waals surface area contributed by atoms with E-state index in [1.54, 1.807) is 13.0 Å². The lowest BCUT2D eigenvalue weighted by Gasteiger charge is -2.35. The quantitative estimate of drug-likeness (QED) is 0.430. The summed E-state index contributed by atoms with van der Waals surface area (Å²) in [4.78, 5) is 21.3. The average Bonchev–Trinajstić information content (AvgIpc) is 3.64. The highest BCUT2D eigenvalue weighted by Crippen LogP contribution is 2.54. The number of sulfonamides is 1. The van der Waals surface area contributed by atoms with Gasteiger partial charge >= 0.3 is 0 Å². The summed E-state index contributed by atoms with van der Waals surface area (Å²) >= 11 is 0. The third kappa shape index (κ3) is 6.30. The number of pyridine rings is 1. The topological polar surface area (TPSA) is 115 Å². The molecule has 1 saturated carbocycles. The minimum absolute atomic E-state index is 0.0536. The number of aryl methyl sites for hydroxylation is 1. The first-order valence-electron chi connectivity index (χ1n) is 13.5. The van der Waals surface area contributed by atoms with Gasteiger partial charge in [0, 0.05) is 44.7 Å². The maximum atomic E-state index is 15.6. The fourth-order valence-corrected chi connectivity index (χ4v) is 6.30. The summed E-state index contributed by atoms with van der Waals surface area (Å²) in [5.74, 6) is -4.73. The predicted molar refractivity (Wildman–Crippen MR) is 147 cm³/mol. The molecular weight excluding hydrogens is 547 g/mol. The summed E-state index contributed by atoms with van der Waals surface area (Å²) in [7, 11) is -3.78. The van der Waals surface area contributed by atoms with E-state index in [0.29, 0.717) is 29.9 Å². The molecule has 3 fully saturated rings. The first-order chi connectivity index (χ1) is 18.9. The number of anilines is 4. The molecule has 9 nitrogen and oxygen atoms in total. The van der Waals surface area contributed by atoms with Crippen molar-refractivity contribution in [2.24, 2.45) is 5.41 Å². The molecule has 3 aliphatic rings. The van der Waals surface area contributed by atoms with Gasteiger partial charge in [0.25, 0.3) is 11.8 Å². The Bertz CT molecular complexity index is 1380. The number of piperidine rings is 2. The van der Waals surface area contributed by atoms with Gasteiger partial charge in [0.15, 0.2) is 11.6 Å². The number of halogens is 3. The van der Waals surface area contributed by atoms with E-state index in [0.717, 1.165) is 12.8 Å². The van der Waals surface area contributed by atoms with E-state index < -0.39 is 52.9 Å². The second-order valence-corrected chi connectivity index (χ2v) is 13.0. The summed E-state index contributed by atoms with van der Waals surface area (Å²) in [5, 5.41) is 11.7. The zero-order valence-electron chi connectivity index (χ0n) is 22.4. The van der Waals surface area contributed by atoms with Gasteiger partial charge in [-0.2, -0.15) is 0 Å². The maximum absolute atomic E-state index is 15.6. The second kappa shape index (κ2) is 10.7. The van der Waals surface area contributed by atoms with Crippen LogP contribution in [0.25, 0.3) is 0 Å². The van der Waals surface area contributed by atoms with Gasteiger partial charge in [-0.1, -0.05) is 0 Å². The number of rotatable bonds is 8. The van der Waals surface area contributed by atoms with E-state index in [9.17, 15) is 22.0 Å². The molecule has 3 N–H and O–H groups in total. The standard InChI is InChI=1S/C27H34F3N5O4S/c1-18-16-21(23(28)24(31-18)35-12-8-27(29,30)9-13-35)32-25(37)20-3-2-19(33-40(38,39)15-14-36)17-22(20)34-10-6-26(4-5-26)7-11-34/h2-3,16-17,33,36H,4-15H2,1H3,(H,31,32,37). The van der Waals surface area contributed by atoms with Gasteiger partial charge in [0.05, 0.1) is 35.0 Å². The number of hydrogen-bond acceptors (Lipinski definition) is 7. The van der Waals surface area contributed by atoms with Crippen molar-refractivity contribution in [3.63, 3.8) is 0 Å². The van der Waals surface area contributed by atoms with Crippen molar-refractivity contribution in [2.45, 2.75) is 51.4 Å². The lowest BCUT2D eigenvalue weighted by Crippen LogP contribution is -2.40. The second-order valence-electron chi connectivity index (χ2n) is 11.1. The van der Waals surface area contributed by atoms with Crippen molar-refractivity contribution < 1.29 is 31.5 Å². The van der Waals surface area contributed by atoms with E-state index in [-0.39, 0.29) is 35.8 Å². The summed E-state index contributed by atoms with van der Waals surface area (Å²) in [6, 6.07) is 5.92. The molecule has 5 rings (SSSR count). The molecule has 1 aromatic heterocycles. The number of nitrogens with zero attached hydrogens (tertiary/aromatic N) is 3. The third-order valence-electron chi connectivity index (χ3n) is 8.11. The monoisotopic (exact) mass is 581 g/mol. The molecule has 1 aliphatic carbocycles. The molecule has 0 radical (unpaired) electrons. The smallest absolute Gasteiger partial charge is 0.257 e. The predicted octanol–water partition coefficient (Wildman–Crippen LogP) is 4.13. The molecule has 0 bridgehead atoms. The van der Waals surface area contributed by atoms with Crippen LogP contribution < -0.4 is 19.8 Å². The zero-order chi connectivity index (χ0) is 28.7. The number of benzene rings is 1. The number of amides is 1. The van der Waals surface area contributed by atoms with Crippen LogP contribution in [0, 0.1) is 18.2 Å². The normalized spacial score (nSPS) is 19.9. The van der Waals surface area contributed by atoms with Crippen LogP contribution >= 0.6 is 0 Å². The van der Waals surface area contributed by atoms with Crippen LogP contribution in [-0.4, -0.2) is 68.9 Å². The molecule has 2 aliphatic heterocycles. The summed E-state index contributed by atoms with van der Waals surface area (Å²) in [5.41, 5.74) is 1.68. The van der Waals surface area contributed by atoms with Gasteiger partial charge < -0.3 is 20.2 Å². The Morgan fingerprint density at radius 3 is 2.30 bits per heavy atom. The average molecular weight is 582 g/mol. The first-order valence-corrected chi connectivity index (χ1v) is 15.2. The van der Waals surface area contributed by atoms with E-state index in [1.165, 1.54) is 35.9 Å². The maximum Gasteiger partial charge on any atom is 0.257 e. The minimum Gasteiger partial charge on any atom is -0.395 e. The molecular formula is C27H34F3N5O4S. The Kier molecular flexibility index (Phi) is 7.64. The Morgan fingerprint density at radius 2 is 1.68 bits per heavy atom. The van der Waals surface area contributed by atoms with Crippen LogP contribution in [0.1, 0.15) is 54.6 Å². The number of aliphatic hydroxyl groups is 1. The fourth-order valence-electron chi connectivity index (χ4n) is 5.48. The highest BCUT2D eigenvalue weighted by molar-refractivity contribution is 7.92. The Balaban J connectivity index is 1.42. The Hall–Kier alpha value is -3.06. The lowest BCUT2D eigenvalue weighted by atomic mass is 9.93. The van der Waals surface area contributed by atoms with Crippen LogP contribution in [-0.2, 0) is 10.0 Å².